The van der Waals surface area contributed by atoms with Crippen LogP contribution in [-0.4, -0.2) is 13.7 Å². The Morgan fingerprint density at radius 1 is 1.31 bits per heavy atom. The van der Waals surface area contributed by atoms with E-state index in [-0.39, 0.29) is 12.4 Å². The molecule has 0 aromatic heterocycles. The Labute approximate surface area is 104 Å². The predicted octanol–water partition coefficient (Wildman–Crippen LogP) is 3.24. The van der Waals surface area contributed by atoms with Gasteiger partial charge in [-0.3, -0.25) is 0 Å². The van der Waals surface area contributed by atoms with Crippen molar-refractivity contribution in [3.63, 3.8) is 0 Å². The summed E-state index contributed by atoms with van der Waals surface area (Å²) in [7, 11) is 1.76. The third-order valence-electron chi connectivity index (χ3n) is 3.13. The third kappa shape index (κ3) is 2.69. The molecule has 1 aromatic rings. The molecule has 1 fully saturated rings. The Hall–Kier alpha value is -0.730. The van der Waals surface area contributed by atoms with Crippen molar-refractivity contribution in [1.82, 2.24) is 5.32 Å². The fraction of sp³-hybridized carbons (Fsp3) is 0.538. The number of rotatable bonds is 2. The van der Waals surface area contributed by atoms with E-state index in [1.807, 2.05) is 0 Å². The Morgan fingerprint density at radius 2 is 2.12 bits per heavy atom. The van der Waals surface area contributed by atoms with Crippen molar-refractivity contribution >= 4 is 12.4 Å². The number of ether oxygens (including phenoxy) is 1. The van der Waals surface area contributed by atoms with E-state index in [1.165, 1.54) is 30.4 Å². The van der Waals surface area contributed by atoms with Gasteiger partial charge in [0.05, 0.1) is 7.11 Å². The van der Waals surface area contributed by atoms with E-state index in [9.17, 15) is 0 Å². The Balaban J connectivity index is 0.00000128. The highest BCUT2D eigenvalue weighted by molar-refractivity contribution is 5.85. The number of nitrogens with one attached hydrogen (secondary N) is 1. The first-order valence-electron chi connectivity index (χ1n) is 5.70. The van der Waals surface area contributed by atoms with Crippen LogP contribution in [0.15, 0.2) is 18.2 Å². The van der Waals surface area contributed by atoms with Crippen molar-refractivity contribution in [1.29, 1.82) is 0 Å². The van der Waals surface area contributed by atoms with Crippen LogP contribution in [0.4, 0.5) is 0 Å². The summed E-state index contributed by atoms with van der Waals surface area (Å²) in [4.78, 5) is 0. The summed E-state index contributed by atoms with van der Waals surface area (Å²) in [6.07, 6.45) is 3.83. The normalized spacial score (nSPS) is 20.0. The molecule has 0 spiro atoms. The van der Waals surface area contributed by atoms with Gasteiger partial charge in [0.2, 0.25) is 0 Å². The second-order valence-electron chi connectivity index (χ2n) is 4.20. The fourth-order valence-electron chi connectivity index (χ4n) is 2.35. The van der Waals surface area contributed by atoms with E-state index >= 15 is 0 Å². The lowest BCUT2D eigenvalue weighted by atomic mass is 9.95. The van der Waals surface area contributed by atoms with Crippen LogP contribution in [0.25, 0.3) is 0 Å². The number of halogens is 1. The molecule has 1 N–H and O–H groups in total. The highest BCUT2D eigenvalue weighted by atomic mass is 35.5. The molecule has 1 heterocycles. The summed E-state index contributed by atoms with van der Waals surface area (Å²) in [5.74, 6) is 1.05. The minimum atomic E-state index is 0. The number of hydrogen-bond acceptors (Lipinski definition) is 2. The topological polar surface area (TPSA) is 21.3 Å². The summed E-state index contributed by atoms with van der Waals surface area (Å²) in [6.45, 7) is 3.23. The Bertz CT molecular complexity index is 335. The molecule has 0 bridgehead atoms. The standard InChI is InChI=1S/C13H19NO.ClH/c1-10-6-5-7-11(13(10)15-2)12-8-3-4-9-14-12;/h5-7,12,14H,3-4,8-9H2,1-2H3;1H. The monoisotopic (exact) mass is 241 g/mol. The second-order valence-corrected chi connectivity index (χ2v) is 4.20. The lowest BCUT2D eigenvalue weighted by Crippen LogP contribution is -2.27. The van der Waals surface area contributed by atoms with Gasteiger partial charge in [-0.2, -0.15) is 0 Å². The van der Waals surface area contributed by atoms with E-state index in [1.54, 1.807) is 7.11 Å². The smallest absolute Gasteiger partial charge is 0.126 e. The molecule has 90 valence electrons. The van der Waals surface area contributed by atoms with Gasteiger partial charge < -0.3 is 10.1 Å². The number of methoxy groups -OCH3 is 1. The number of benzene rings is 1. The van der Waals surface area contributed by atoms with Gasteiger partial charge in [0.15, 0.2) is 0 Å². The molecule has 1 aromatic carbocycles. The average molecular weight is 242 g/mol. The minimum Gasteiger partial charge on any atom is -0.496 e. The van der Waals surface area contributed by atoms with Gasteiger partial charge in [-0.25, -0.2) is 0 Å². The van der Waals surface area contributed by atoms with Gasteiger partial charge in [-0.05, 0) is 31.9 Å². The van der Waals surface area contributed by atoms with Crippen molar-refractivity contribution in [3.05, 3.63) is 29.3 Å². The number of aryl methyl sites for hydroxylation is 1. The van der Waals surface area contributed by atoms with Crippen molar-refractivity contribution < 1.29 is 4.74 Å². The highest BCUT2D eigenvalue weighted by Crippen LogP contribution is 2.32. The molecule has 0 saturated carbocycles. The van der Waals surface area contributed by atoms with E-state index in [0.717, 1.165) is 12.3 Å². The lowest BCUT2D eigenvalue weighted by molar-refractivity contribution is 0.372. The number of piperidine rings is 1. The largest absolute Gasteiger partial charge is 0.496 e. The van der Waals surface area contributed by atoms with E-state index in [2.05, 4.69) is 30.4 Å². The van der Waals surface area contributed by atoms with Crippen LogP contribution in [0.5, 0.6) is 5.75 Å². The first-order valence-corrected chi connectivity index (χ1v) is 5.70. The Morgan fingerprint density at radius 3 is 2.75 bits per heavy atom. The molecule has 3 heteroatoms. The van der Waals surface area contributed by atoms with Crippen molar-refractivity contribution in [2.24, 2.45) is 0 Å². The maximum Gasteiger partial charge on any atom is 0.126 e. The zero-order valence-electron chi connectivity index (χ0n) is 9.95. The zero-order valence-corrected chi connectivity index (χ0v) is 10.8. The molecule has 1 saturated heterocycles. The maximum absolute atomic E-state index is 5.49. The van der Waals surface area contributed by atoms with Gasteiger partial charge in [0.25, 0.3) is 0 Å². The molecule has 1 atom stereocenters. The first kappa shape index (κ1) is 13.3. The molecule has 2 nitrogen and oxygen atoms in total. The van der Waals surface area contributed by atoms with Gasteiger partial charge in [0.1, 0.15) is 5.75 Å². The van der Waals surface area contributed by atoms with Crippen LogP contribution < -0.4 is 10.1 Å². The SMILES string of the molecule is COc1c(C)cccc1C1CCCCN1.Cl. The molecule has 0 amide bonds. The zero-order chi connectivity index (χ0) is 10.7. The first-order chi connectivity index (χ1) is 7.33. The van der Waals surface area contributed by atoms with Crippen molar-refractivity contribution in [3.8, 4) is 5.75 Å². The average Bonchev–Trinajstić information content (AvgIpc) is 2.30. The molecule has 2 rings (SSSR count). The molecule has 0 radical (unpaired) electrons. The van der Waals surface area contributed by atoms with Crippen molar-refractivity contribution in [2.75, 3.05) is 13.7 Å². The van der Waals surface area contributed by atoms with Crippen LogP contribution in [0.1, 0.15) is 36.4 Å². The van der Waals surface area contributed by atoms with Gasteiger partial charge in [0, 0.05) is 11.6 Å². The summed E-state index contributed by atoms with van der Waals surface area (Å²) < 4.78 is 5.49. The quantitative estimate of drug-likeness (QED) is 0.859. The van der Waals surface area contributed by atoms with Gasteiger partial charge in [-0.1, -0.05) is 24.6 Å². The van der Waals surface area contributed by atoms with Crippen LogP contribution >= 0.6 is 12.4 Å². The number of para-hydroxylation sites is 1. The summed E-state index contributed by atoms with van der Waals surface area (Å²) in [6, 6.07) is 6.87. The van der Waals surface area contributed by atoms with Gasteiger partial charge >= 0.3 is 0 Å². The summed E-state index contributed by atoms with van der Waals surface area (Å²) >= 11 is 0. The molecule has 1 aliphatic rings. The van der Waals surface area contributed by atoms with Crippen LogP contribution in [0.2, 0.25) is 0 Å². The maximum atomic E-state index is 5.49. The van der Waals surface area contributed by atoms with E-state index < -0.39 is 0 Å². The molecule has 1 aliphatic heterocycles. The number of hydrogen-bond donors (Lipinski definition) is 1. The third-order valence-corrected chi connectivity index (χ3v) is 3.13. The van der Waals surface area contributed by atoms with Crippen LogP contribution in [-0.2, 0) is 0 Å². The second kappa shape index (κ2) is 6.12. The molecule has 1 unspecified atom stereocenters. The van der Waals surface area contributed by atoms with Crippen LogP contribution in [0.3, 0.4) is 0 Å². The van der Waals surface area contributed by atoms with E-state index in [4.69, 9.17) is 4.74 Å². The molecular weight excluding hydrogens is 222 g/mol. The summed E-state index contributed by atoms with van der Waals surface area (Å²) in [5.41, 5.74) is 2.54. The van der Waals surface area contributed by atoms with E-state index in [0.29, 0.717) is 6.04 Å². The minimum absolute atomic E-state index is 0. The fourth-order valence-corrected chi connectivity index (χ4v) is 2.35. The van der Waals surface area contributed by atoms with Crippen molar-refractivity contribution in [2.45, 2.75) is 32.2 Å². The predicted molar refractivity (Wildman–Crippen MR) is 69.6 cm³/mol. The highest BCUT2D eigenvalue weighted by Gasteiger charge is 2.18. The molecule has 0 aliphatic carbocycles. The van der Waals surface area contributed by atoms with Gasteiger partial charge in [-0.15, -0.1) is 12.4 Å². The van der Waals surface area contributed by atoms with Crippen LogP contribution in [0, 0.1) is 6.92 Å². The lowest BCUT2D eigenvalue weighted by Gasteiger charge is -2.25. The Kier molecular flexibility index (Phi) is 5.10. The summed E-state index contributed by atoms with van der Waals surface area (Å²) in [5, 5.41) is 3.56. The molecular formula is C13H20ClNO. The molecule has 16 heavy (non-hydrogen) atoms.